The van der Waals surface area contributed by atoms with Crippen LogP contribution in [0.25, 0.3) is 0 Å². The summed E-state index contributed by atoms with van der Waals surface area (Å²) < 4.78 is 50.3. The zero-order valence-corrected chi connectivity index (χ0v) is 26.4. The van der Waals surface area contributed by atoms with E-state index in [4.69, 9.17) is 17.3 Å². The molecule has 10 nitrogen and oxygen atoms in total. The van der Waals surface area contributed by atoms with Crippen LogP contribution in [0.15, 0.2) is 48.5 Å². The Bertz CT molecular complexity index is 1530. The highest BCUT2D eigenvalue weighted by Gasteiger charge is 2.40. The number of nitrogens with two attached hydrogens (primary N) is 1. The summed E-state index contributed by atoms with van der Waals surface area (Å²) in [5, 5.41) is 0.535. The number of benzene rings is 2. The second kappa shape index (κ2) is 14.3. The Kier molecular flexibility index (Phi) is 11.0. The van der Waals surface area contributed by atoms with Gasteiger partial charge in [0.25, 0.3) is 0 Å². The average Bonchev–Trinajstić information content (AvgIpc) is 3.45. The van der Waals surface area contributed by atoms with E-state index in [2.05, 4.69) is 0 Å². The number of hydrogen-bond donors (Lipinski definition) is 1. The monoisotopic (exact) mass is 651 g/mol. The molecule has 4 rings (SSSR count). The molecular weight excluding hydrogens is 614 g/mol. The van der Waals surface area contributed by atoms with Crippen molar-refractivity contribution in [2.75, 3.05) is 36.9 Å². The maximum Gasteiger partial charge on any atom is 0.227 e. The van der Waals surface area contributed by atoms with Crippen LogP contribution in [0.1, 0.15) is 42.4 Å². The van der Waals surface area contributed by atoms with Gasteiger partial charge in [-0.05, 0) is 48.1 Å². The molecule has 0 spiro atoms. The highest BCUT2D eigenvalue weighted by atomic mass is 35.5. The number of sulfone groups is 2. The van der Waals surface area contributed by atoms with E-state index < -0.39 is 49.2 Å². The maximum absolute atomic E-state index is 13.9. The Morgan fingerprint density at radius 2 is 1.70 bits per heavy atom. The van der Waals surface area contributed by atoms with Gasteiger partial charge in [0.05, 0.1) is 35.0 Å². The van der Waals surface area contributed by atoms with Crippen LogP contribution in [-0.2, 0) is 52.8 Å². The minimum absolute atomic E-state index is 0.00203. The molecule has 2 aliphatic rings. The van der Waals surface area contributed by atoms with Gasteiger partial charge in [-0.15, -0.1) is 0 Å². The highest BCUT2D eigenvalue weighted by Crippen LogP contribution is 2.26. The molecule has 0 aliphatic carbocycles. The van der Waals surface area contributed by atoms with Gasteiger partial charge in [-0.3, -0.25) is 14.4 Å². The molecule has 0 bridgehead atoms. The first-order valence-electron chi connectivity index (χ1n) is 14.4. The van der Waals surface area contributed by atoms with Crippen molar-refractivity contribution in [3.05, 3.63) is 70.2 Å². The van der Waals surface area contributed by atoms with Crippen molar-refractivity contribution < 1.29 is 31.2 Å². The number of ketones is 1. The van der Waals surface area contributed by atoms with Crippen molar-refractivity contribution in [3.63, 3.8) is 0 Å². The van der Waals surface area contributed by atoms with Gasteiger partial charge in [-0.25, -0.2) is 16.8 Å². The number of Topliss-reactive ketones (excluding diaryl/α,β-unsaturated/α-hetero) is 1. The van der Waals surface area contributed by atoms with E-state index in [9.17, 15) is 31.2 Å². The van der Waals surface area contributed by atoms with Gasteiger partial charge in [0.1, 0.15) is 0 Å². The van der Waals surface area contributed by atoms with Crippen LogP contribution in [0, 0.1) is 5.92 Å². The molecule has 2 heterocycles. The molecule has 2 aromatic carbocycles. The van der Waals surface area contributed by atoms with Gasteiger partial charge in [0.2, 0.25) is 11.8 Å². The molecule has 2 atom stereocenters. The predicted molar refractivity (Wildman–Crippen MR) is 165 cm³/mol. The molecule has 0 radical (unpaired) electrons. The molecule has 2 fully saturated rings. The van der Waals surface area contributed by atoms with E-state index in [0.29, 0.717) is 36.4 Å². The first-order chi connectivity index (χ1) is 20.4. The molecular formula is C30H38ClN3O7S2. The van der Waals surface area contributed by atoms with E-state index in [1.54, 1.807) is 42.5 Å². The minimum Gasteiger partial charge on any atom is -0.341 e. The van der Waals surface area contributed by atoms with E-state index >= 15 is 0 Å². The van der Waals surface area contributed by atoms with E-state index in [1.807, 2.05) is 6.07 Å². The Hall–Kier alpha value is -2.80. The molecule has 43 heavy (non-hydrogen) atoms. The first kappa shape index (κ1) is 33.1. The molecule has 2 saturated heterocycles. The second-order valence-corrected chi connectivity index (χ2v) is 16.1. The zero-order valence-electron chi connectivity index (χ0n) is 24.0. The van der Waals surface area contributed by atoms with Crippen molar-refractivity contribution in [2.45, 2.75) is 50.4 Å². The topological polar surface area (TPSA) is 152 Å². The Morgan fingerprint density at radius 1 is 1.00 bits per heavy atom. The molecule has 234 valence electrons. The normalized spacial score (nSPS) is 19.3. The van der Waals surface area contributed by atoms with E-state index in [0.717, 1.165) is 11.1 Å². The fourth-order valence-corrected chi connectivity index (χ4v) is 8.85. The molecule has 13 heteroatoms. The van der Waals surface area contributed by atoms with Crippen molar-refractivity contribution >= 4 is 48.9 Å². The highest BCUT2D eigenvalue weighted by molar-refractivity contribution is 7.91. The molecule has 2 aromatic rings. The Labute approximate surface area is 258 Å². The SMILES string of the molecule is NCc1ccc(Cl)cc1CCC(=O)[C@@H]1CCCN1C(=O)[C@@H](CC(=O)N1CCS(=O)(=O)CC1)CS(=O)(=O)Cc1ccccc1. The van der Waals surface area contributed by atoms with Gasteiger partial charge in [-0.1, -0.05) is 48.0 Å². The van der Waals surface area contributed by atoms with Gasteiger partial charge >= 0.3 is 0 Å². The van der Waals surface area contributed by atoms with Crippen LogP contribution in [0.2, 0.25) is 5.02 Å². The largest absolute Gasteiger partial charge is 0.341 e. The lowest BCUT2D eigenvalue weighted by Crippen LogP contribution is -2.48. The summed E-state index contributed by atoms with van der Waals surface area (Å²) in [5.41, 5.74) is 8.14. The number of rotatable bonds is 12. The van der Waals surface area contributed by atoms with Gasteiger partial charge in [0.15, 0.2) is 25.5 Å². The van der Waals surface area contributed by atoms with Crippen molar-refractivity contribution in [1.82, 2.24) is 9.80 Å². The summed E-state index contributed by atoms with van der Waals surface area (Å²) in [6.45, 7) is 0.576. The lowest BCUT2D eigenvalue weighted by molar-refractivity contribution is -0.143. The lowest BCUT2D eigenvalue weighted by atomic mass is 9.97. The van der Waals surface area contributed by atoms with Crippen LogP contribution in [-0.4, -0.2) is 87.2 Å². The molecule has 2 N–H and O–H groups in total. The van der Waals surface area contributed by atoms with Crippen LogP contribution < -0.4 is 5.73 Å². The maximum atomic E-state index is 13.9. The van der Waals surface area contributed by atoms with Crippen molar-refractivity contribution in [3.8, 4) is 0 Å². The molecule has 0 saturated carbocycles. The third-order valence-electron chi connectivity index (χ3n) is 8.09. The second-order valence-electron chi connectivity index (χ2n) is 11.2. The van der Waals surface area contributed by atoms with Crippen LogP contribution in [0.4, 0.5) is 0 Å². The smallest absolute Gasteiger partial charge is 0.227 e. The third-order valence-corrected chi connectivity index (χ3v) is 11.6. The number of hydrogen-bond acceptors (Lipinski definition) is 8. The summed E-state index contributed by atoms with van der Waals surface area (Å²) in [5.74, 6) is -3.57. The molecule has 0 unspecified atom stereocenters. The van der Waals surface area contributed by atoms with Crippen LogP contribution in [0.3, 0.4) is 0 Å². The summed E-state index contributed by atoms with van der Waals surface area (Å²) in [7, 11) is -7.06. The quantitative estimate of drug-likeness (QED) is 0.367. The van der Waals surface area contributed by atoms with Crippen molar-refractivity contribution in [1.29, 1.82) is 0 Å². The number of halogens is 1. The average molecular weight is 652 g/mol. The summed E-state index contributed by atoms with van der Waals surface area (Å²) >= 11 is 6.14. The standard InChI is InChI=1S/C30H38ClN3O7S2/c31-26-10-8-24(19-32)23(17-26)9-11-28(35)27-7-4-12-34(27)30(37)25(18-29(36)33-13-15-42(38,39)16-14-33)21-43(40,41)20-22-5-2-1-3-6-22/h1-3,5-6,8,10,17,25,27H,4,7,9,11-16,18-21,32H2/t25-,27-/m0/s1. The van der Waals surface area contributed by atoms with Crippen LogP contribution >= 0.6 is 11.6 Å². The summed E-state index contributed by atoms with van der Waals surface area (Å²) in [6, 6.07) is 13.2. The zero-order chi connectivity index (χ0) is 31.2. The summed E-state index contributed by atoms with van der Waals surface area (Å²) in [4.78, 5) is 43.4. The lowest BCUT2D eigenvalue weighted by Gasteiger charge is -2.31. The molecule has 2 aliphatic heterocycles. The number of likely N-dealkylation sites (tertiary alicyclic amines) is 1. The number of amides is 2. The van der Waals surface area contributed by atoms with Crippen molar-refractivity contribution in [2.24, 2.45) is 11.7 Å². The molecule has 0 aromatic heterocycles. The first-order valence-corrected chi connectivity index (χ1v) is 18.4. The van der Waals surface area contributed by atoms with Gasteiger partial charge in [-0.2, -0.15) is 0 Å². The summed E-state index contributed by atoms with van der Waals surface area (Å²) in [6.07, 6.45) is 1.20. The van der Waals surface area contributed by atoms with E-state index in [-0.39, 0.29) is 55.5 Å². The number of carbonyl (C=O) groups is 3. The number of nitrogens with zero attached hydrogens (tertiary/aromatic N) is 2. The fourth-order valence-electron chi connectivity index (χ4n) is 5.76. The fraction of sp³-hybridized carbons (Fsp3) is 0.500. The third kappa shape index (κ3) is 9.10. The van der Waals surface area contributed by atoms with E-state index in [1.165, 1.54) is 9.80 Å². The minimum atomic E-state index is -3.82. The molecule has 2 amide bonds. The van der Waals surface area contributed by atoms with Gasteiger partial charge in [0, 0.05) is 44.0 Å². The predicted octanol–water partition coefficient (Wildman–Crippen LogP) is 2.17. The Balaban J connectivity index is 1.50. The Morgan fingerprint density at radius 3 is 2.37 bits per heavy atom. The van der Waals surface area contributed by atoms with Crippen LogP contribution in [0.5, 0.6) is 0 Å². The number of carbonyl (C=O) groups excluding carboxylic acids is 3. The number of aryl methyl sites for hydroxylation is 1. The van der Waals surface area contributed by atoms with Gasteiger partial charge < -0.3 is 15.5 Å².